The van der Waals surface area contributed by atoms with Gasteiger partial charge in [-0.15, -0.1) is 0 Å². The number of ether oxygens (including phenoxy) is 1. The fourth-order valence-corrected chi connectivity index (χ4v) is 5.46. The number of piperidine rings is 1. The second-order valence-electron chi connectivity index (χ2n) is 10.1. The maximum atomic E-state index is 14.3. The van der Waals surface area contributed by atoms with E-state index in [1.165, 1.54) is 12.5 Å². The number of likely N-dealkylation sites (tertiary alicyclic amines) is 1. The van der Waals surface area contributed by atoms with E-state index in [0.717, 1.165) is 48.4 Å². The topological polar surface area (TPSA) is 107 Å². The minimum absolute atomic E-state index is 0.0663. The molecule has 0 radical (unpaired) electrons. The Labute approximate surface area is 240 Å². The third kappa shape index (κ3) is 5.94. The SMILES string of the molecule is O=C(O)c1ccc2nc(CN3CCC(c4cccnc4OCc4ccc(Cl)cc4F)CC3)n(Cc3cnco3)c2c1. The van der Waals surface area contributed by atoms with Crippen LogP contribution in [0, 0.1) is 5.82 Å². The molecule has 0 saturated carbocycles. The molecule has 4 heterocycles. The molecule has 2 aromatic carbocycles. The Morgan fingerprint density at radius 2 is 2.00 bits per heavy atom. The van der Waals surface area contributed by atoms with Crippen molar-refractivity contribution in [3.63, 3.8) is 0 Å². The van der Waals surface area contributed by atoms with Crippen molar-refractivity contribution in [3.05, 3.63) is 106 Å². The number of hydrogen-bond donors (Lipinski definition) is 1. The average Bonchev–Trinajstić information content (AvgIpc) is 3.61. The molecule has 0 atom stereocenters. The van der Waals surface area contributed by atoms with Crippen molar-refractivity contribution in [2.75, 3.05) is 13.1 Å². The number of fused-ring (bicyclic) bond motifs is 1. The van der Waals surface area contributed by atoms with Gasteiger partial charge in [-0.2, -0.15) is 0 Å². The number of hydrogen-bond acceptors (Lipinski definition) is 7. The molecule has 0 amide bonds. The van der Waals surface area contributed by atoms with Gasteiger partial charge >= 0.3 is 5.97 Å². The Hall–Kier alpha value is -4.28. The van der Waals surface area contributed by atoms with Gasteiger partial charge in [-0.05, 0) is 68.2 Å². The van der Waals surface area contributed by atoms with E-state index < -0.39 is 11.8 Å². The molecule has 1 aliphatic rings. The van der Waals surface area contributed by atoms with Crippen molar-refractivity contribution in [1.29, 1.82) is 0 Å². The lowest BCUT2D eigenvalue weighted by atomic mass is 9.90. The van der Waals surface area contributed by atoms with Crippen LogP contribution in [0.25, 0.3) is 11.0 Å². The van der Waals surface area contributed by atoms with Crippen molar-refractivity contribution >= 4 is 28.6 Å². The van der Waals surface area contributed by atoms with Gasteiger partial charge in [0.1, 0.15) is 24.0 Å². The average molecular weight is 576 g/mol. The van der Waals surface area contributed by atoms with Crippen LogP contribution < -0.4 is 4.74 Å². The van der Waals surface area contributed by atoms with Gasteiger partial charge in [-0.1, -0.05) is 23.7 Å². The quantitative estimate of drug-likeness (QED) is 0.231. The van der Waals surface area contributed by atoms with Crippen LogP contribution in [0.3, 0.4) is 0 Å². The molecule has 0 aliphatic carbocycles. The smallest absolute Gasteiger partial charge is 0.335 e. The Kier molecular flexibility index (Phi) is 7.67. The van der Waals surface area contributed by atoms with Crippen molar-refractivity contribution in [2.24, 2.45) is 0 Å². The highest BCUT2D eigenvalue weighted by molar-refractivity contribution is 6.30. The number of nitrogens with zero attached hydrogens (tertiary/aromatic N) is 5. The fraction of sp³-hybridized carbons (Fsp3) is 0.267. The number of pyridine rings is 1. The number of halogens is 2. The number of carboxylic acid groups (broad SMARTS) is 1. The van der Waals surface area contributed by atoms with Crippen LogP contribution in [0.2, 0.25) is 5.02 Å². The van der Waals surface area contributed by atoms with Gasteiger partial charge in [-0.25, -0.2) is 24.1 Å². The van der Waals surface area contributed by atoms with Gasteiger partial charge in [0.25, 0.3) is 0 Å². The minimum atomic E-state index is -0.986. The highest BCUT2D eigenvalue weighted by atomic mass is 35.5. The largest absolute Gasteiger partial charge is 0.478 e. The van der Waals surface area contributed by atoms with Crippen LogP contribution in [-0.4, -0.2) is 48.6 Å². The molecule has 11 heteroatoms. The molecule has 1 fully saturated rings. The maximum absolute atomic E-state index is 14.3. The number of carboxylic acids is 1. The van der Waals surface area contributed by atoms with E-state index in [0.29, 0.717) is 35.3 Å². The number of imidazole rings is 1. The van der Waals surface area contributed by atoms with Gasteiger partial charge in [0.2, 0.25) is 5.88 Å². The zero-order valence-electron chi connectivity index (χ0n) is 22.0. The van der Waals surface area contributed by atoms with Crippen molar-refractivity contribution in [1.82, 2.24) is 24.4 Å². The molecule has 1 saturated heterocycles. The number of carbonyl (C=O) groups is 1. The molecular weight excluding hydrogens is 549 g/mol. The lowest BCUT2D eigenvalue weighted by Gasteiger charge is -2.32. The fourth-order valence-electron chi connectivity index (χ4n) is 5.30. The van der Waals surface area contributed by atoms with Gasteiger partial charge < -0.3 is 18.8 Å². The summed E-state index contributed by atoms with van der Waals surface area (Å²) in [5.41, 5.74) is 3.11. The molecule has 41 heavy (non-hydrogen) atoms. The molecule has 0 spiro atoms. The zero-order chi connectivity index (χ0) is 28.3. The summed E-state index contributed by atoms with van der Waals surface area (Å²) in [6.07, 6.45) is 6.49. The van der Waals surface area contributed by atoms with Crippen LogP contribution in [0.15, 0.2) is 71.7 Å². The van der Waals surface area contributed by atoms with Crippen LogP contribution in [-0.2, 0) is 19.7 Å². The van der Waals surface area contributed by atoms with E-state index >= 15 is 0 Å². The van der Waals surface area contributed by atoms with Crippen molar-refractivity contribution < 1.29 is 23.4 Å². The Morgan fingerprint density at radius 3 is 2.76 bits per heavy atom. The Bertz CT molecular complexity index is 1680. The monoisotopic (exact) mass is 575 g/mol. The summed E-state index contributed by atoms with van der Waals surface area (Å²) in [6.45, 7) is 2.73. The first kappa shape index (κ1) is 26.9. The van der Waals surface area contributed by atoms with E-state index in [-0.39, 0.29) is 18.1 Å². The molecule has 210 valence electrons. The first-order valence-electron chi connectivity index (χ1n) is 13.3. The normalized spacial score (nSPS) is 14.5. The summed E-state index contributed by atoms with van der Waals surface area (Å²) in [5, 5.41) is 9.85. The van der Waals surface area contributed by atoms with Gasteiger partial charge in [-0.3, -0.25) is 4.90 Å². The molecule has 1 aliphatic heterocycles. The Morgan fingerprint density at radius 1 is 1.15 bits per heavy atom. The summed E-state index contributed by atoms with van der Waals surface area (Å²) < 4.78 is 27.7. The van der Waals surface area contributed by atoms with Gasteiger partial charge in [0.15, 0.2) is 6.39 Å². The van der Waals surface area contributed by atoms with E-state index in [1.54, 1.807) is 42.7 Å². The second kappa shape index (κ2) is 11.7. The molecule has 0 unspecified atom stereocenters. The molecule has 1 N–H and O–H groups in total. The lowest BCUT2D eigenvalue weighted by Crippen LogP contribution is -2.33. The van der Waals surface area contributed by atoms with Gasteiger partial charge in [0.05, 0.1) is 35.9 Å². The predicted molar refractivity (Wildman–Crippen MR) is 150 cm³/mol. The number of rotatable bonds is 9. The summed E-state index contributed by atoms with van der Waals surface area (Å²) >= 11 is 5.87. The van der Waals surface area contributed by atoms with E-state index in [2.05, 4.69) is 14.9 Å². The molecule has 6 rings (SSSR count). The van der Waals surface area contributed by atoms with Crippen molar-refractivity contribution in [2.45, 2.75) is 38.5 Å². The summed E-state index contributed by atoms with van der Waals surface area (Å²) in [5.74, 6) is 0.858. The number of aromatic nitrogens is 4. The number of oxazole rings is 1. The summed E-state index contributed by atoms with van der Waals surface area (Å²) in [6, 6.07) is 13.4. The van der Waals surface area contributed by atoms with Crippen LogP contribution in [0.4, 0.5) is 4.39 Å². The molecular formula is C30H27ClFN5O4. The molecule has 0 bridgehead atoms. The minimum Gasteiger partial charge on any atom is -0.478 e. The van der Waals surface area contributed by atoms with Crippen LogP contribution >= 0.6 is 11.6 Å². The first-order chi connectivity index (χ1) is 19.9. The molecule has 3 aromatic heterocycles. The highest BCUT2D eigenvalue weighted by Crippen LogP contribution is 2.34. The van der Waals surface area contributed by atoms with Gasteiger partial charge in [0, 0.05) is 22.3 Å². The highest BCUT2D eigenvalue weighted by Gasteiger charge is 2.26. The molecule has 9 nitrogen and oxygen atoms in total. The van der Waals surface area contributed by atoms with E-state index in [4.69, 9.17) is 25.7 Å². The number of benzene rings is 2. The maximum Gasteiger partial charge on any atom is 0.335 e. The standard InChI is InChI=1S/C30H27ClFN5O4/c31-22-5-3-21(25(32)13-22)17-40-29-24(2-1-9-34-29)19-7-10-36(11-8-19)16-28-35-26-6-4-20(30(38)39)12-27(26)37(28)15-23-14-33-18-41-23/h1-6,9,12-14,18-19H,7-8,10-11,15-17H2,(H,38,39). The third-order valence-corrected chi connectivity index (χ3v) is 7.68. The summed E-state index contributed by atoms with van der Waals surface area (Å²) in [7, 11) is 0. The summed E-state index contributed by atoms with van der Waals surface area (Å²) in [4.78, 5) is 27.2. The third-order valence-electron chi connectivity index (χ3n) is 7.44. The lowest BCUT2D eigenvalue weighted by molar-refractivity contribution is 0.0697. The van der Waals surface area contributed by atoms with Crippen LogP contribution in [0.5, 0.6) is 5.88 Å². The first-order valence-corrected chi connectivity index (χ1v) is 13.7. The van der Waals surface area contributed by atoms with E-state index in [9.17, 15) is 14.3 Å². The Balaban J connectivity index is 1.16. The van der Waals surface area contributed by atoms with Crippen LogP contribution in [0.1, 0.15) is 51.8 Å². The molecule has 5 aromatic rings. The zero-order valence-corrected chi connectivity index (χ0v) is 22.8. The second-order valence-corrected chi connectivity index (χ2v) is 10.5. The van der Waals surface area contributed by atoms with E-state index in [1.807, 2.05) is 16.7 Å². The number of aromatic carboxylic acids is 1. The van der Waals surface area contributed by atoms with Crippen molar-refractivity contribution in [3.8, 4) is 5.88 Å². The predicted octanol–water partition coefficient (Wildman–Crippen LogP) is 5.92.